The SMILES string of the molecule is CC1(C)c2ccccc2-c2c(N3c4ccc(-c5ccccc5)cc4N(c4ccccc4)P(=O)(c4ccc(-c5ccc(N6c7ccccc7N(c7ccccc7)P(=O)(c7ccccc7)c7ccccc76)cc5)cc4)c4cc(-c5ccccc5)ccc43)cccc21. The van der Waals surface area contributed by atoms with Crippen LogP contribution in [-0.4, -0.2) is 0 Å². The van der Waals surface area contributed by atoms with Gasteiger partial charge in [0.25, 0.3) is 0 Å². The summed E-state index contributed by atoms with van der Waals surface area (Å²) in [6.07, 6.45) is 0. The predicted molar refractivity (Wildman–Crippen MR) is 373 cm³/mol. The maximum atomic E-state index is 18.3. The van der Waals surface area contributed by atoms with Crippen molar-refractivity contribution in [2.45, 2.75) is 19.3 Å². The van der Waals surface area contributed by atoms with Crippen molar-refractivity contribution < 1.29 is 9.13 Å². The summed E-state index contributed by atoms with van der Waals surface area (Å²) in [5.41, 5.74) is 19.5. The van der Waals surface area contributed by atoms with Crippen molar-refractivity contribution in [1.82, 2.24) is 0 Å². The lowest BCUT2D eigenvalue weighted by Gasteiger charge is -2.34. The highest BCUT2D eigenvalue weighted by Gasteiger charge is 2.47. The number of rotatable bonds is 9. The quantitative estimate of drug-likeness (QED) is 0.134. The van der Waals surface area contributed by atoms with E-state index in [4.69, 9.17) is 0 Å². The van der Waals surface area contributed by atoms with Crippen LogP contribution in [0.5, 0.6) is 0 Å². The van der Waals surface area contributed by atoms with Crippen LogP contribution in [0.4, 0.5) is 56.9 Å². The largest absolute Gasteiger partial charge is 0.308 e. The third kappa shape index (κ3) is 8.62. The van der Waals surface area contributed by atoms with E-state index in [-0.39, 0.29) is 5.41 Å². The van der Waals surface area contributed by atoms with Crippen LogP contribution in [0.15, 0.2) is 328 Å². The van der Waals surface area contributed by atoms with Crippen LogP contribution in [0.2, 0.25) is 0 Å². The van der Waals surface area contributed by atoms with E-state index < -0.39 is 14.6 Å². The third-order valence-electron chi connectivity index (χ3n) is 18.2. The van der Waals surface area contributed by atoms with E-state index in [0.29, 0.717) is 5.30 Å². The molecule has 0 amide bonds. The highest BCUT2D eigenvalue weighted by atomic mass is 31.2. The zero-order valence-corrected chi connectivity index (χ0v) is 51.0. The molecule has 13 aromatic carbocycles. The summed E-state index contributed by atoms with van der Waals surface area (Å²) < 4.78 is 39.2. The Bertz CT molecular complexity index is 4950. The molecule has 0 saturated carbocycles. The Balaban J connectivity index is 0.882. The van der Waals surface area contributed by atoms with Crippen molar-refractivity contribution in [1.29, 1.82) is 0 Å². The highest BCUT2D eigenvalue weighted by Crippen LogP contribution is 2.65. The van der Waals surface area contributed by atoms with Gasteiger partial charge in [-0.25, -0.2) is 0 Å². The number of fused-ring (bicyclic) bond motifs is 7. The van der Waals surface area contributed by atoms with Gasteiger partial charge in [-0.05, 0) is 165 Å². The van der Waals surface area contributed by atoms with Crippen molar-refractivity contribution in [3.8, 4) is 44.5 Å². The minimum absolute atomic E-state index is 0.260. The smallest absolute Gasteiger partial charge is 0.236 e. The maximum Gasteiger partial charge on any atom is 0.236 e. The first-order valence-electron chi connectivity index (χ1n) is 30.3. The summed E-state index contributed by atoms with van der Waals surface area (Å²) in [5, 5.41) is 2.91. The second-order valence-corrected chi connectivity index (χ2v) is 28.6. The molecule has 2 aliphatic heterocycles. The molecule has 8 heteroatoms. The van der Waals surface area contributed by atoms with E-state index in [2.05, 4.69) is 245 Å². The lowest BCUT2D eigenvalue weighted by Crippen LogP contribution is -2.29. The molecule has 3 aliphatic rings. The molecule has 0 radical (unpaired) electrons. The Morgan fingerprint density at radius 1 is 0.270 bits per heavy atom. The van der Waals surface area contributed by atoms with Gasteiger partial charge in [0.2, 0.25) is 14.6 Å². The Morgan fingerprint density at radius 3 is 1.33 bits per heavy atom. The van der Waals surface area contributed by atoms with E-state index in [1.807, 2.05) is 115 Å². The number of hydrogen-bond acceptors (Lipinski definition) is 4. The Morgan fingerprint density at radius 2 is 0.685 bits per heavy atom. The molecule has 0 fully saturated rings. The van der Waals surface area contributed by atoms with Crippen molar-refractivity contribution >= 4 is 92.7 Å². The fraction of sp³-hybridized carbons (Fsp3) is 0.0370. The third-order valence-corrected chi connectivity index (χ3v) is 24.2. The molecule has 426 valence electrons. The summed E-state index contributed by atoms with van der Waals surface area (Å²) in [6.45, 7) is 4.65. The summed E-state index contributed by atoms with van der Waals surface area (Å²) in [5.74, 6) is 0. The van der Waals surface area contributed by atoms with Crippen LogP contribution in [0.1, 0.15) is 25.0 Å². The first-order valence-corrected chi connectivity index (χ1v) is 33.6. The first kappa shape index (κ1) is 54.0. The fourth-order valence-corrected chi connectivity index (χ4v) is 20.0. The molecule has 2 heterocycles. The Kier molecular flexibility index (Phi) is 13.0. The van der Waals surface area contributed by atoms with Crippen molar-refractivity contribution in [3.63, 3.8) is 0 Å². The number of hydrogen-bond donors (Lipinski definition) is 0. The summed E-state index contributed by atoms with van der Waals surface area (Å²) in [4.78, 5) is 4.65. The Hall–Kier alpha value is -10.5. The second-order valence-electron chi connectivity index (χ2n) is 23.5. The molecule has 0 aromatic heterocycles. The monoisotopic (exact) mass is 1180 g/mol. The van der Waals surface area contributed by atoms with E-state index >= 15 is 9.13 Å². The average Bonchev–Trinajstić information content (AvgIpc) is 1.65. The minimum Gasteiger partial charge on any atom is -0.308 e. The lowest BCUT2D eigenvalue weighted by molar-refractivity contribution is 0.586. The van der Waals surface area contributed by atoms with Crippen molar-refractivity contribution in [3.05, 3.63) is 339 Å². The van der Waals surface area contributed by atoms with Crippen LogP contribution < -0.4 is 40.4 Å². The molecule has 13 aromatic rings. The van der Waals surface area contributed by atoms with E-state index in [0.717, 1.165) is 106 Å². The average molecular weight is 1180 g/mol. The van der Waals surface area contributed by atoms with Gasteiger partial charge in [-0.2, -0.15) is 0 Å². The zero-order chi connectivity index (χ0) is 59.8. The molecule has 0 N–H and O–H groups in total. The number of benzene rings is 13. The second kappa shape index (κ2) is 21.4. The molecule has 2 atom stereocenters. The molecule has 0 bridgehead atoms. The first-order chi connectivity index (χ1) is 43.7. The molecular weight excluding hydrogens is 1120 g/mol. The van der Waals surface area contributed by atoms with Crippen LogP contribution >= 0.6 is 14.6 Å². The van der Waals surface area contributed by atoms with Crippen LogP contribution in [0.3, 0.4) is 0 Å². The van der Waals surface area contributed by atoms with Gasteiger partial charge in [0, 0.05) is 38.6 Å². The summed E-state index contributed by atoms with van der Waals surface area (Å²) in [7, 11) is -7.58. The van der Waals surface area contributed by atoms with Gasteiger partial charge >= 0.3 is 0 Å². The summed E-state index contributed by atoms with van der Waals surface area (Å²) >= 11 is 0. The van der Waals surface area contributed by atoms with Gasteiger partial charge in [-0.1, -0.05) is 226 Å². The van der Waals surface area contributed by atoms with E-state index in [9.17, 15) is 0 Å². The van der Waals surface area contributed by atoms with E-state index in [1.54, 1.807) is 0 Å². The highest BCUT2D eigenvalue weighted by molar-refractivity contribution is 7.81. The molecule has 2 unspecified atom stereocenters. The molecule has 0 spiro atoms. The van der Waals surface area contributed by atoms with Gasteiger partial charge in [0.1, 0.15) is 0 Å². The van der Waals surface area contributed by atoms with Gasteiger partial charge in [0.05, 0.1) is 50.4 Å². The molecule has 6 nitrogen and oxygen atoms in total. The van der Waals surface area contributed by atoms with Crippen molar-refractivity contribution in [2.75, 3.05) is 19.1 Å². The zero-order valence-electron chi connectivity index (χ0n) is 49.2. The van der Waals surface area contributed by atoms with Gasteiger partial charge in [-0.3, -0.25) is 18.5 Å². The predicted octanol–water partition coefficient (Wildman–Crippen LogP) is 20.7. The van der Waals surface area contributed by atoms with Gasteiger partial charge < -0.3 is 9.80 Å². The fourth-order valence-electron chi connectivity index (χ4n) is 14.0. The maximum absolute atomic E-state index is 18.3. The number of para-hydroxylation sites is 5. The minimum atomic E-state index is -4.00. The van der Waals surface area contributed by atoms with Gasteiger partial charge in [-0.15, -0.1) is 0 Å². The topological polar surface area (TPSA) is 47.1 Å². The van der Waals surface area contributed by atoms with Crippen LogP contribution in [-0.2, 0) is 14.5 Å². The normalized spacial score (nSPS) is 16.8. The van der Waals surface area contributed by atoms with Crippen molar-refractivity contribution in [2.24, 2.45) is 0 Å². The summed E-state index contributed by atoms with van der Waals surface area (Å²) in [6, 6.07) is 114. The lowest BCUT2D eigenvalue weighted by atomic mass is 9.82. The Labute approximate surface area is 520 Å². The molecule has 0 saturated heterocycles. The molecular formula is C81H60N4O2P2. The molecule has 1 aliphatic carbocycles. The standard InChI is InChI=1S/C81H60N4O2P2/c1-81(2)69-36-19-18-35-68(69)80-70(81)37-24-41-76(80)83-72-53-47-61(57-25-8-3-9-26-57)55-77(72)85(65-31-14-6-15-32-65)89(87,79-56-62(48-54-75(79)83)58-27-10-4-11-28-58)67-51-45-60(46-52-67)59-43-49-63(50-44-59)82-71-38-20-21-39-73(71)84(64-29-12-5-13-30-64)88(86,66-33-16-7-17-34-66)78-42-23-22-40-74(78)82/h3-56H,1-2H3. The number of anilines is 10. The van der Waals surface area contributed by atoms with Gasteiger partial charge in [0.15, 0.2) is 0 Å². The molecule has 16 rings (SSSR count). The van der Waals surface area contributed by atoms with Crippen LogP contribution in [0.25, 0.3) is 44.5 Å². The molecule has 89 heavy (non-hydrogen) atoms. The van der Waals surface area contributed by atoms with Crippen LogP contribution in [0, 0.1) is 0 Å². The van der Waals surface area contributed by atoms with E-state index in [1.165, 1.54) is 22.3 Å². The number of nitrogens with zero attached hydrogens (tertiary/aromatic N) is 4.